The summed E-state index contributed by atoms with van der Waals surface area (Å²) in [4.78, 5) is 4.83. The van der Waals surface area contributed by atoms with Gasteiger partial charge in [-0.15, -0.1) is 11.3 Å². The topological polar surface area (TPSA) is 27.1 Å². The third-order valence-electron chi connectivity index (χ3n) is 4.01. The third kappa shape index (κ3) is 2.41. The number of aromatic nitrogens is 2. The highest BCUT2D eigenvalue weighted by Gasteiger charge is 2.12. The maximum Gasteiger partial charge on any atom is 0.124 e. The van der Waals surface area contributed by atoms with Crippen molar-refractivity contribution in [3.63, 3.8) is 0 Å². The Balaban J connectivity index is 1.77. The highest BCUT2D eigenvalue weighted by Crippen LogP contribution is 2.34. The summed E-state index contributed by atoms with van der Waals surface area (Å²) in [6.45, 7) is 0. The minimum Gasteiger partial charge on any atom is -0.497 e. The van der Waals surface area contributed by atoms with Gasteiger partial charge in [0.15, 0.2) is 0 Å². The molecule has 3 nitrogen and oxygen atoms in total. The number of aryl methyl sites for hydroxylation is 1. The fourth-order valence-corrected chi connectivity index (χ4v) is 3.64. The SMILES string of the molecule is COc1ccc(-c2nc(-c3cn(C)c4ccccc34)cs2)cc1. The van der Waals surface area contributed by atoms with E-state index in [1.165, 1.54) is 16.5 Å². The number of hydrogen-bond acceptors (Lipinski definition) is 3. The number of methoxy groups -OCH3 is 1. The molecule has 2 aromatic carbocycles. The van der Waals surface area contributed by atoms with Gasteiger partial charge in [-0.25, -0.2) is 4.98 Å². The number of benzene rings is 2. The van der Waals surface area contributed by atoms with Gasteiger partial charge in [0.1, 0.15) is 10.8 Å². The van der Waals surface area contributed by atoms with Crippen LogP contribution in [-0.4, -0.2) is 16.7 Å². The van der Waals surface area contributed by atoms with Gasteiger partial charge in [0.05, 0.1) is 12.8 Å². The molecular formula is C19H16N2OS. The molecule has 0 atom stereocenters. The summed E-state index contributed by atoms with van der Waals surface area (Å²) in [6.07, 6.45) is 2.15. The summed E-state index contributed by atoms with van der Waals surface area (Å²) < 4.78 is 7.36. The van der Waals surface area contributed by atoms with Gasteiger partial charge in [0.25, 0.3) is 0 Å². The first kappa shape index (κ1) is 14.0. The van der Waals surface area contributed by atoms with Crippen molar-refractivity contribution >= 4 is 22.2 Å². The van der Waals surface area contributed by atoms with Gasteiger partial charge < -0.3 is 9.30 Å². The van der Waals surface area contributed by atoms with Crippen LogP contribution in [0.1, 0.15) is 0 Å². The van der Waals surface area contributed by atoms with Crippen LogP contribution in [0.15, 0.2) is 60.1 Å². The van der Waals surface area contributed by atoms with Crippen LogP contribution >= 0.6 is 11.3 Å². The van der Waals surface area contributed by atoms with Crippen molar-refractivity contribution in [2.24, 2.45) is 7.05 Å². The van der Waals surface area contributed by atoms with Gasteiger partial charge in [-0.2, -0.15) is 0 Å². The molecular weight excluding hydrogens is 304 g/mol. The molecule has 0 saturated heterocycles. The first-order valence-corrected chi connectivity index (χ1v) is 8.28. The molecule has 0 aliphatic carbocycles. The number of rotatable bonds is 3. The molecule has 0 saturated carbocycles. The van der Waals surface area contributed by atoms with Crippen molar-refractivity contribution in [2.75, 3.05) is 7.11 Å². The Morgan fingerprint density at radius 3 is 2.61 bits per heavy atom. The number of para-hydroxylation sites is 1. The molecule has 4 aromatic rings. The zero-order chi connectivity index (χ0) is 15.8. The normalized spacial score (nSPS) is 11.0. The van der Waals surface area contributed by atoms with E-state index in [0.29, 0.717) is 0 Å². The molecule has 4 heteroatoms. The highest BCUT2D eigenvalue weighted by atomic mass is 32.1. The molecule has 114 valence electrons. The average molecular weight is 320 g/mol. The molecule has 23 heavy (non-hydrogen) atoms. The Kier molecular flexibility index (Phi) is 3.39. The average Bonchev–Trinajstić information content (AvgIpc) is 3.21. The van der Waals surface area contributed by atoms with E-state index in [0.717, 1.165) is 22.0 Å². The van der Waals surface area contributed by atoms with E-state index < -0.39 is 0 Å². The number of thiazole rings is 1. The molecule has 0 fully saturated rings. The highest BCUT2D eigenvalue weighted by molar-refractivity contribution is 7.13. The molecule has 0 aliphatic heterocycles. The predicted molar refractivity (Wildman–Crippen MR) is 96.0 cm³/mol. The molecule has 0 amide bonds. The molecule has 0 unspecified atom stereocenters. The van der Waals surface area contributed by atoms with Gasteiger partial charge >= 0.3 is 0 Å². The third-order valence-corrected chi connectivity index (χ3v) is 4.91. The monoisotopic (exact) mass is 320 g/mol. The van der Waals surface area contributed by atoms with Crippen molar-refractivity contribution in [3.8, 4) is 27.6 Å². The maximum atomic E-state index is 5.21. The lowest BCUT2D eigenvalue weighted by Crippen LogP contribution is -1.83. The smallest absolute Gasteiger partial charge is 0.124 e. The number of ether oxygens (including phenoxy) is 1. The number of nitrogens with zero attached hydrogens (tertiary/aromatic N) is 2. The summed E-state index contributed by atoms with van der Waals surface area (Å²) in [7, 11) is 3.75. The van der Waals surface area contributed by atoms with Crippen LogP contribution in [0.2, 0.25) is 0 Å². The van der Waals surface area contributed by atoms with E-state index in [-0.39, 0.29) is 0 Å². The van der Waals surface area contributed by atoms with Crippen LogP contribution in [0, 0.1) is 0 Å². The summed E-state index contributed by atoms with van der Waals surface area (Å²) in [5.41, 5.74) is 4.54. The molecule has 0 radical (unpaired) electrons. The van der Waals surface area contributed by atoms with Crippen molar-refractivity contribution in [3.05, 3.63) is 60.1 Å². The zero-order valence-corrected chi connectivity index (χ0v) is 13.8. The molecule has 4 rings (SSSR count). The van der Waals surface area contributed by atoms with E-state index in [4.69, 9.17) is 9.72 Å². The van der Waals surface area contributed by atoms with Crippen molar-refractivity contribution in [1.82, 2.24) is 9.55 Å². The van der Waals surface area contributed by atoms with E-state index in [2.05, 4.69) is 47.5 Å². The number of hydrogen-bond donors (Lipinski definition) is 0. The second-order valence-corrected chi connectivity index (χ2v) is 6.30. The van der Waals surface area contributed by atoms with Crippen LogP contribution in [0.25, 0.3) is 32.7 Å². The lowest BCUT2D eigenvalue weighted by Gasteiger charge is -2.00. The quantitative estimate of drug-likeness (QED) is 0.532. The lowest BCUT2D eigenvalue weighted by atomic mass is 10.1. The van der Waals surface area contributed by atoms with Crippen LogP contribution in [0.4, 0.5) is 0 Å². The maximum absolute atomic E-state index is 5.21. The molecule has 0 spiro atoms. The van der Waals surface area contributed by atoms with Gasteiger partial charge in [-0.05, 0) is 30.3 Å². The van der Waals surface area contributed by atoms with Crippen molar-refractivity contribution in [1.29, 1.82) is 0 Å². The van der Waals surface area contributed by atoms with Crippen LogP contribution in [-0.2, 0) is 7.05 Å². The fraction of sp³-hybridized carbons (Fsp3) is 0.105. The van der Waals surface area contributed by atoms with E-state index >= 15 is 0 Å². The molecule has 2 aromatic heterocycles. The Hall–Kier alpha value is -2.59. The largest absolute Gasteiger partial charge is 0.497 e. The van der Waals surface area contributed by atoms with Crippen LogP contribution in [0.3, 0.4) is 0 Å². The summed E-state index contributed by atoms with van der Waals surface area (Å²) >= 11 is 1.67. The standard InChI is InChI=1S/C19H16N2OS/c1-21-11-16(15-5-3-4-6-18(15)21)17-12-23-19(20-17)13-7-9-14(22-2)10-8-13/h3-12H,1-2H3. The van der Waals surface area contributed by atoms with Crippen LogP contribution < -0.4 is 4.74 Å². The van der Waals surface area contributed by atoms with Gasteiger partial charge in [0.2, 0.25) is 0 Å². The van der Waals surface area contributed by atoms with E-state index in [1.54, 1.807) is 18.4 Å². The van der Waals surface area contributed by atoms with Gasteiger partial charge in [-0.1, -0.05) is 18.2 Å². The fourth-order valence-electron chi connectivity index (χ4n) is 2.81. The molecule has 0 aliphatic rings. The second-order valence-electron chi connectivity index (χ2n) is 5.44. The first-order valence-electron chi connectivity index (χ1n) is 7.40. The Morgan fingerprint density at radius 1 is 1.04 bits per heavy atom. The minimum absolute atomic E-state index is 0.861. The van der Waals surface area contributed by atoms with Crippen LogP contribution in [0.5, 0.6) is 5.75 Å². The predicted octanol–water partition coefficient (Wildman–Crippen LogP) is 4.98. The summed E-state index contributed by atoms with van der Waals surface area (Å²) in [5, 5.41) is 4.39. The summed E-state index contributed by atoms with van der Waals surface area (Å²) in [6, 6.07) is 16.4. The van der Waals surface area contributed by atoms with Crippen molar-refractivity contribution < 1.29 is 4.74 Å². The van der Waals surface area contributed by atoms with Crippen molar-refractivity contribution in [2.45, 2.75) is 0 Å². The van der Waals surface area contributed by atoms with Gasteiger partial charge in [-0.3, -0.25) is 0 Å². The lowest BCUT2D eigenvalue weighted by molar-refractivity contribution is 0.415. The summed E-state index contributed by atoms with van der Waals surface area (Å²) in [5.74, 6) is 0.861. The Bertz CT molecular complexity index is 967. The zero-order valence-electron chi connectivity index (χ0n) is 13.0. The first-order chi connectivity index (χ1) is 11.3. The molecule has 0 bridgehead atoms. The second kappa shape index (κ2) is 5.56. The Morgan fingerprint density at radius 2 is 1.83 bits per heavy atom. The van der Waals surface area contributed by atoms with E-state index in [9.17, 15) is 0 Å². The molecule has 2 heterocycles. The Labute approximate surface area is 138 Å². The van der Waals surface area contributed by atoms with Gasteiger partial charge in [0, 0.05) is 40.7 Å². The minimum atomic E-state index is 0.861. The number of fused-ring (bicyclic) bond motifs is 1. The molecule has 0 N–H and O–H groups in total. The van der Waals surface area contributed by atoms with E-state index in [1.807, 2.05) is 24.3 Å².